The van der Waals surface area contributed by atoms with Gasteiger partial charge in [0.2, 0.25) is 0 Å². The number of aliphatic hydroxyl groups is 2. The first-order chi connectivity index (χ1) is 16.0. The summed E-state index contributed by atoms with van der Waals surface area (Å²) in [6.45, 7) is 11.0. The molecule has 0 heterocycles. The van der Waals surface area contributed by atoms with Gasteiger partial charge in [-0.15, -0.1) is 13.2 Å². The van der Waals surface area contributed by atoms with E-state index >= 15 is 0 Å². The second-order valence-electron chi connectivity index (χ2n) is 7.07. The number of benzene rings is 2. The van der Waals surface area contributed by atoms with Crippen LogP contribution in [0.25, 0.3) is 11.1 Å². The molecule has 34 heavy (non-hydrogen) atoms. The Morgan fingerprint density at radius 2 is 1.00 bits per heavy atom. The largest absolute Gasteiger partial charge is 0.437 e. The van der Waals surface area contributed by atoms with Crippen molar-refractivity contribution >= 4 is 63.7 Å². The highest BCUT2D eigenvalue weighted by Crippen LogP contribution is 2.44. The molecule has 186 valence electrons. The summed E-state index contributed by atoms with van der Waals surface area (Å²) in [5, 5.41) is 21.2. The quantitative estimate of drug-likeness (QED) is 0.163. The van der Waals surface area contributed by atoms with Crippen molar-refractivity contribution in [3.63, 3.8) is 0 Å². The molecule has 10 heteroatoms. The van der Waals surface area contributed by atoms with Crippen molar-refractivity contribution in [1.29, 1.82) is 0 Å². The second-order valence-corrected chi connectivity index (χ2v) is 10.5. The number of halogens is 4. The molecule has 0 aliphatic carbocycles. The lowest BCUT2D eigenvalue weighted by Crippen LogP contribution is -2.38. The number of hydrogen-bond acceptors (Lipinski definition) is 6. The zero-order valence-electron chi connectivity index (χ0n) is 18.7. The van der Waals surface area contributed by atoms with Crippen molar-refractivity contribution in [3.8, 4) is 22.6 Å². The van der Waals surface area contributed by atoms with E-state index in [-0.39, 0.29) is 26.1 Å². The molecule has 0 aromatic heterocycles. The molecule has 0 amide bonds. The first-order valence-corrected chi connectivity index (χ1v) is 13.5. The summed E-state index contributed by atoms with van der Waals surface area (Å²) in [6.07, 6.45) is 3.49. The predicted octanol–water partition coefficient (Wildman–Crippen LogP) is 7.68. The fraction of sp³-hybridized carbons (Fsp3) is 0.333. The van der Waals surface area contributed by atoms with Crippen molar-refractivity contribution in [1.82, 2.24) is 0 Å². The molecule has 0 aliphatic rings. The smallest absolute Gasteiger partial charge is 0.324 e. The van der Waals surface area contributed by atoms with Crippen LogP contribution in [-0.2, 0) is 9.47 Å². The van der Waals surface area contributed by atoms with E-state index in [2.05, 4.69) is 76.9 Å². The lowest BCUT2D eigenvalue weighted by molar-refractivity contribution is -0.317. The Bertz CT molecular complexity index is 903. The van der Waals surface area contributed by atoms with Gasteiger partial charge in [0.1, 0.15) is 0 Å². The Morgan fingerprint density at radius 1 is 0.706 bits per heavy atom. The number of hydrogen-bond donors (Lipinski definition) is 2. The van der Waals surface area contributed by atoms with Crippen LogP contribution in [0.1, 0.15) is 26.7 Å². The Labute approximate surface area is 233 Å². The molecule has 2 atom stereocenters. The van der Waals surface area contributed by atoms with E-state index in [1.807, 2.05) is 24.3 Å². The normalized spacial score (nSPS) is 14.7. The maximum absolute atomic E-state index is 10.6. The number of rotatable bonds is 13. The van der Waals surface area contributed by atoms with E-state index in [0.29, 0.717) is 29.4 Å². The van der Waals surface area contributed by atoms with Crippen molar-refractivity contribution in [2.24, 2.45) is 0 Å². The van der Waals surface area contributed by atoms with Crippen LogP contribution in [0.4, 0.5) is 0 Å². The summed E-state index contributed by atoms with van der Waals surface area (Å²) in [6, 6.07) is 7.42. The first kappa shape index (κ1) is 29.5. The highest BCUT2D eigenvalue weighted by molar-refractivity contribution is 9.11. The highest BCUT2D eigenvalue weighted by atomic mass is 79.9. The van der Waals surface area contributed by atoms with Crippen molar-refractivity contribution < 1.29 is 29.2 Å². The maximum atomic E-state index is 10.6. The van der Waals surface area contributed by atoms with Gasteiger partial charge in [-0.3, -0.25) is 0 Å². The molecule has 0 spiro atoms. The minimum atomic E-state index is -1.80. The predicted molar refractivity (Wildman–Crippen MR) is 147 cm³/mol. The lowest BCUT2D eigenvalue weighted by atomic mass is 10.1. The van der Waals surface area contributed by atoms with E-state index in [1.165, 1.54) is 12.2 Å². The fourth-order valence-electron chi connectivity index (χ4n) is 2.75. The molecule has 0 saturated heterocycles. The minimum Gasteiger partial charge on any atom is -0.437 e. The lowest BCUT2D eigenvalue weighted by Gasteiger charge is -2.28. The average molecular weight is 730 g/mol. The minimum absolute atomic E-state index is 0.139. The molecule has 0 bridgehead atoms. The van der Waals surface area contributed by atoms with Crippen molar-refractivity contribution in [2.75, 3.05) is 13.2 Å². The Hall–Kier alpha value is -0.720. The van der Waals surface area contributed by atoms with Gasteiger partial charge in [0.25, 0.3) is 0 Å². The van der Waals surface area contributed by atoms with Crippen LogP contribution in [0.15, 0.2) is 67.5 Å². The molecule has 0 aliphatic heterocycles. The third kappa shape index (κ3) is 7.64. The van der Waals surface area contributed by atoms with Gasteiger partial charge >= 0.3 is 11.9 Å². The maximum Gasteiger partial charge on any atom is 0.324 e. The summed E-state index contributed by atoms with van der Waals surface area (Å²) in [5.74, 6) is -2.81. The fourth-order valence-corrected chi connectivity index (χ4v) is 5.45. The summed E-state index contributed by atoms with van der Waals surface area (Å²) in [7, 11) is 0. The van der Waals surface area contributed by atoms with Gasteiger partial charge in [0, 0.05) is 12.8 Å². The topological polar surface area (TPSA) is 77.4 Å². The van der Waals surface area contributed by atoms with Gasteiger partial charge in [-0.05, 0) is 99.1 Å². The third-order valence-electron chi connectivity index (χ3n) is 4.60. The highest BCUT2D eigenvalue weighted by Gasteiger charge is 2.31. The molecule has 2 aromatic carbocycles. The van der Waals surface area contributed by atoms with Crippen LogP contribution in [0, 0.1) is 0 Å². The third-order valence-corrected chi connectivity index (χ3v) is 6.96. The van der Waals surface area contributed by atoms with Gasteiger partial charge < -0.3 is 29.2 Å². The van der Waals surface area contributed by atoms with Gasteiger partial charge in [-0.2, -0.15) is 0 Å². The van der Waals surface area contributed by atoms with Gasteiger partial charge in [0.05, 0.1) is 31.1 Å². The molecule has 2 N–H and O–H groups in total. The zero-order valence-corrected chi connectivity index (χ0v) is 25.1. The van der Waals surface area contributed by atoms with Gasteiger partial charge in [-0.25, -0.2) is 0 Å². The second kappa shape index (κ2) is 13.0. The first-order valence-electron chi connectivity index (χ1n) is 10.3. The molecular formula is C24H26Br4O6. The Balaban J connectivity index is 2.38. The van der Waals surface area contributed by atoms with E-state index in [9.17, 15) is 10.2 Å². The average Bonchev–Trinajstić information content (AvgIpc) is 2.81. The summed E-state index contributed by atoms with van der Waals surface area (Å²) >= 11 is 14.1. The van der Waals surface area contributed by atoms with Crippen molar-refractivity contribution in [3.05, 3.63) is 67.5 Å². The number of ether oxygens (including phenoxy) is 4. The molecule has 0 saturated carbocycles. The van der Waals surface area contributed by atoms with Gasteiger partial charge in [-0.1, -0.05) is 26.0 Å². The molecule has 6 nitrogen and oxygen atoms in total. The van der Waals surface area contributed by atoms with E-state index in [4.69, 9.17) is 18.9 Å². The zero-order chi connectivity index (χ0) is 25.5. The van der Waals surface area contributed by atoms with Crippen LogP contribution in [-0.4, -0.2) is 35.4 Å². The van der Waals surface area contributed by atoms with E-state index in [0.717, 1.165) is 11.1 Å². The van der Waals surface area contributed by atoms with Crippen LogP contribution in [0.5, 0.6) is 11.5 Å². The van der Waals surface area contributed by atoms with Crippen LogP contribution in [0.2, 0.25) is 0 Å². The van der Waals surface area contributed by atoms with Crippen LogP contribution < -0.4 is 9.47 Å². The summed E-state index contributed by atoms with van der Waals surface area (Å²) in [5.41, 5.74) is 1.69. The monoisotopic (exact) mass is 726 g/mol. The van der Waals surface area contributed by atoms with Crippen molar-refractivity contribution in [2.45, 2.75) is 38.6 Å². The standard InChI is InChI=1S/C24H26Br4O6/c1-5-9-31-23(29,7-3)33-21-17(25)11-15(12-18(21)26)16-13-19(27)22(20(28)14-16)34-24(30,8-4)32-10-6-2/h5-6,11-14,29-30H,1-2,7-10H2,3-4H3. The van der Waals surface area contributed by atoms with E-state index in [1.54, 1.807) is 13.8 Å². The Morgan fingerprint density at radius 3 is 1.24 bits per heavy atom. The Kier molecular flexibility index (Phi) is 11.3. The molecule has 2 aromatic rings. The molecule has 0 fully saturated rings. The van der Waals surface area contributed by atoms with Crippen LogP contribution >= 0.6 is 63.7 Å². The molecule has 2 unspecified atom stereocenters. The molecule has 2 rings (SSSR count). The summed E-state index contributed by atoms with van der Waals surface area (Å²) < 4.78 is 24.8. The van der Waals surface area contributed by atoms with E-state index < -0.39 is 11.9 Å². The molecular weight excluding hydrogens is 704 g/mol. The van der Waals surface area contributed by atoms with Crippen LogP contribution in [0.3, 0.4) is 0 Å². The SMILES string of the molecule is C=CCOC(O)(CC)Oc1c(Br)cc(-c2cc(Br)c(OC(O)(CC)OCC=C)c(Br)c2)cc1Br. The molecule has 0 radical (unpaired) electrons. The van der Waals surface area contributed by atoms with Gasteiger partial charge in [0.15, 0.2) is 11.5 Å². The summed E-state index contributed by atoms with van der Waals surface area (Å²) in [4.78, 5) is 0.